The highest BCUT2D eigenvalue weighted by Crippen LogP contribution is 2.38. The van der Waals surface area contributed by atoms with Crippen LogP contribution in [0.4, 0.5) is 31.0 Å². The Morgan fingerprint density at radius 2 is 2.02 bits per heavy atom. The molecule has 41 heavy (non-hydrogen) atoms. The molecule has 2 atom stereocenters. The predicted octanol–water partition coefficient (Wildman–Crippen LogP) is 0.159. The fraction of sp³-hybridized carbons (Fsp3) is 0.435. The molecule has 6 rings (SSSR count). The number of anilines is 3. The van der Waals surface area contributed by atoms with Gasteiger partial charge < -0.3 is 30.3 Å². The van der Waals surface area contributed by atoms with E-state index in [1.807, 2.05) is 0 Å². The van der Waals surface area contributed by atoms with Gasteiger partial charge in [-0.2, -0.15) is 5.10 Å². The van der Waals surface area contributed by atoms with Crippen molar-refractivity contribution in [3.8, 4) is 0 Å². The van der Waals surface area contributed by atoms with E-state index in [1.165, 1.54) is 21.7 Å². The smallest absolute Gasteiger partial charge is 0.409 e. The van der Waals surface area contributed by atoms with Crippen LogP contribution in [0.2, 0.25) is 0 Å². The van der Waals surface area contributed by atoms with Crippen molar-refractivity contribution in [1.29, 1.82) is 0 Å². The Balaban J connectivity index is 1.33. The molecule has 4 aromatic heterocycles. The number of carbonyl (C=O) groups excluding carboxylic acids is 1. The highest BCUT2D eigenvalue weighted by atomic mass is 19.3. The van der Waals surface area contributed by atoms with E-state index < -0.39 is 48.4 Å². The first-order valence-corrected chi connectivity index (χ1v) is 12.5. The van der Waals surface area contributed by atoms with E-state index in [0.717, 1.165) is 7.11 Å². The van der Waals surface area contributed by atoms with Crippen molar-refractivity contribution >= 4 is 53.5 Å². The number of aliphatic hydroxyl groups is 3. The summed E-state index contributed by atoms with van der Waals surface area (Å²) in [7, 11) is 6.62. The fourth-order valence-corrected chi connectivity index (χ4v) is 5.42. The normalized spacial score (nSPS) is 22.2. The number of nitrogens with one attached hydrogen (secondary N) is 3. The van der Waals surface area contributed by atoms with Crippen molar-refractivity contribution in [2.75, 3.05) is 30.4 Å². The zero-order chi connectivity index (χ0) is 29.3. The average molecular weight is 571 g/mol. The van der Waals surface area contributed by atoms with Gasteiger partial charge in [0, 0.05) is 18.5 Å². The van der Waals surface area contributed by atoms with Gasteiger partial charge in [0.2, 0.25) is 0 Å². The zero-order valence-corrected chi connectivity index (χ0v) is 21.5. The standard InChI is InChI=1S/C23H24BF2N9O6/c1-41-19(36)30-22(38)5-4-11(7-22)34-13-6-16(27-8-14(13)35(20(34)37)23(24,39)40)28-15-3-2-12-17(29-15)31-32-18(12)33-9-21(25,26)10-33/h2-3,6,8,11,38-40H,4-5,7,9-10H2,1H3,(H,30,36)(H2,27,28,29,31,32). The molecule has 2 aliphatic rings. The van der Waals surface area contributed by atoms with Crippen LogP contribution in [-0.2, 0) is 10.5 Å². The minimum Gasteiger partial charge on any atom is -0.453 e. The lowest BCUT2D eigenvalue weighted by Crippen LogP contribution is -2.56. The first-order chi connectivity index (χ1) is 19.3. The van der Waals surface area contributed by atoms with Crippen molar-refractivity contribution < 1.29 is 33.6 Å². The largest absolute Gasteiger partial charge is 0.453 e. The summed E-state index contributed by atoms with van der Waals surface area (Å²) in [6.45, 7) is -0.859. The molecule has 0 aromatic carbocycles. The molecule has 6 N–H and O–H groups in total. The molecule has 1 saturated heterocycles. The number of alkyl carbamates (subject to hydrolysis) is 1. The second-order valence-electron chi connectivity index (χ2n) is 10.3. The second kappa shape index (κ2) is 9.12. The van der Waals surface area contributed by atoms with Crippen LogP contribution < -0.4 is 21.2 Å². The van der Waals surface area contributed by atoms with Gasteiger partial charge in [0.15, 0.2) is 25.1 Å². The summed E-state index contributed by atoms with van der Waals surface area (Å²) in [5.74, 6) is -4.91. The Bertz CT molecular complexity index is 1730. The topological polar surface area (TPSA) is 196 Å². The van der Waals surface area contributed by atoms with Crippen molar-refractivity contribution in [3.63, 3.8) is 0 Å². The molecule has 2 radical (unpaired) electrons. The number of fused-ring (bicyclic) bond motifs is 2. The average Bonchev–Trinajstić information content (AvgIpc) is 3.54. The molecule has 15 nitrogen and oxygen atoms in total. The number of amides is 1. The van der Waals surface area contributed by atoms with Gasteiger partial charge in [0.05, 0.1) is 42.8 Å². The molecular formula is C23H24BF2N9O6. The minimum atomic E-state index is -3.05. The number of methoxy groups -OCH3 is 1. The predicted molar refractivity (Wildman–Crippen MR) is 140 cm³/mol. The Labute approximate surface area is 230 Å². The van der Waals surface area contributed by atoms with Gasteiger partial charge in [0.1, 0.15) is 17.4 Å². The number of carbonyl (C=O) groups is 1. The molecule has 2 unspecified atom stereocenters. The molecule has 1 amide bonds. The Morgan fingerprint density at radius 3 is 2.71 bits per heavy atom. The number of imidazole rings is 1. The van der Waals surface area contributed by atoms with E-state index in [2.05, 4.69) is 35.5 Å². The first-order valence-electron chi connectivity index (χ1n) is 12.5. The Hall–Kier alpha value is -4.29. The van der Waals surface area contributed by atoms with Crippen molar-refractivity contribution in [2.24, 2.45) is 0 Å². The van der Waals surface area contributed by atoms with Gasteiger partial charge in [-0.1, -0.05) is 0 Å². The summed E-state index contributed by atoms with van der Waals surface area (Å²) in [5.41, 5.74) is -1.98. The van der Waals surface area contributed by atoms with E-state index in [1.54, 1.807) is 12.1 Å². The second-order valence-corrected chi connectivity index (χ2v) is 10.3. The van der Waals surface area contributed by atoms with Crippen LogP contribution in [0.25, 0.3) is 22.1 Å². The number of rotatable bonds is 6. The van der Waals surface area contributed by atoms with Gasteiger partial charge in [-0.25, -0.2) is 32.9 Å². The lowest BCUT2D eigenvalue weighted by molar-refractivity contribution is -0.151. The third kappa shape index (κ3) is 4.72. The summed E-state index contributed by atoms with van der Waals surface area (Å²) in [4.78, 5) is 35.2. The lowest BCUT2D eigenvalue weighted by atomic mass is 10.0. The highest BCUT2D eigenvalue weighted by molar-refractivity contribution is 6.11. The Morgan fingerprint density at radius 1 is 1.27 bits per heavy atom. The van der Waals surface area contributed by atoms with E-state index in [9.17, 15) is 33.7 Å². The van der Waals surface area contributed by atoms with Crippen LogP contribution in [0, 0.1) is 0 Å². The zero-order valence-electron chi connectivity index (χ0n) is 21.5. The number of H-pyrrole nitrogens is 1. The van der Waals surface area contributed by atoms with Crippen LogP contribution in [0.1, 0.15) is 25.3 Å². The maximum Gasteiger partial charge on any atom is 0.409 e. The molecule has 1 aliphatic heterocycles. The summed E-state index contributed by atoms with van der Waals surface area (Å²) < 4.78 is 33.0. The molecule has 0 bridgehead atoms. The number of aromatic amines is 1. The van der Waals surface area contributed by atoms with E-state index >= 15 is 0 Å². The number of halogens is 2. The molecule has 18 heteroatoms. The number of alkyl halides is 2. The van der Waals surface area contributed by atoms with Crippen LogP contribution >= 0.6 is 0 Å². The molecule has 5 heterocycles. The highest BCUT2D eigenvalue weighted by Gasteiger charge is 2.45. The van der Waals surface area contributed by atoms with Crippen LogP contribution in [0.5, 0.6) is 0 Å². The van der Waals surface area contributed by atoms with Gasteiger partial charge in [-0.3, -0.25) is 15.0 Å². The Kier molecular flexibility index (Phi) is 5.98. The van der Waals surface area contributed by atoms with Gasteiger partial charge >= 0.3 is 11.8 Å². The number of pyridine rings is 2. The monoisotopic (exact) mass is 571 g/mol. The van der Waals surface area contributed by atoms with E-state index in [-0.39, 0.29) is 36.1 Å². The van der Waals surface area contributed by atoms with Gasteiger partial charge in [0.25, 0.3) is 5.92 Å². The van der Waals surface area contributed by atoms with Crippen LogP contribution in [0.3, 0.4) is 0 Å². The van der Waals surface area contributed by atoms with Crippen LogP contribution in [-0.4, -0.2) is 90.4 Å². The maximum atomic E-state index is 13.4. The SMILES string of the molecule is [B]C(O)(O)n1c(=O)n(C2CCC(O)(NC(=O)OC)C2)c2cc(Nc3ccc4c(N5CC(F)(F)C5)n[nH]c4n3)ncc21. The third-order valence-corrected chi connectivity index (χ3v) is 7.24. The number of hydrogen-bond acceptors (Lipinski definition) is 11. The summed E-state index contributed by atoms with van der Waals surface area (Å²) in [6, 6.07) is 4.07. The molecule has 4 aromatic rings. The first kappa shape index (κ1) is 26.9. The number of hydrogen-bond donors (Lipinski definition) is 6. The van der Waals surface area contributed by atoms with E-state index in [0.29, 0.717) is 27.2 Å². The summed E-state index contributed by atoms with van der Waals surface area (Å²) >= 11 is 0. The van der Waals surface area contributed by atoms with Gasteiger partial charge in [-0.05, 0) is 25.0 Å². The molecular weight excluding hydrogens is 547 g/mol. The van der Waals surface area contributed by atoms with Crippen molar-refractivity contribution in [2.45, 2.75) is 42.8 Å². The number of ether oxygens (including phenoxy) is 1. The quantitative estimate of drug-likeness (QED) is 0.136. The summed E-state index contributed by atoms with van der Waals surface area (Å²) in [6.07, 6.45) is 0.641. The molecule has 0 spiro atoms. The fourth-order valence-electron chi connectivity index (χ4n) is 5.42. The van der Waals surface area contributed by atoms with Crippen molar-refractivity contribution in [1.82, 2.24) is 34.6 Å². The summed E-state index contributed by atoms with van der Waals surface area (Å²) in [5, 5.41) is 43.8. The van der Waals surface area contributed by atoms with Crippen LogP contribution in [0.15, 0.2) is 29.2 Å². The molecule has 214 valence electrons. The number of aromatic nitrogens is 6. The van der Waals surface area contributed by atoms with Gasteiger partial charge in [-0.15, -0.1) is 0 Å². The van der Waals surface area contributed by atoms with E-state index in [4.69, 9.17) is 7.85 Å². The van der Waals surface area contributed by atoms with Crippen molar-refractivity contribution in [3.05, 3.63) is 34.9 Å². The number of nitrogens with zero attached hydrogens (tertiary/aromatic N) is 6. The third-order valence-electron chi connectivity index (χ3n) is 7.24. The molecule has 2 fully saturated rings. The molecule has 1 aliphatic carbocycles. The minimum absolute atomic E-state index is 0.00242. The molecule has 1 saturated carbocycles. The lowest BCUT2D eigenvalue weighted by Gasteiger charge is -2.38. The maximum absolute atomic E-state index is 13.4.